The fourth-order valence-electron chi connectivity index (χ4n) is 0.355. The molecule has 7 heavy (non-hydrogen) atoms. The predicted octanol–water partition coefficient (Wildman–Crippen LogP) is 1.35. The topological polar surface area (TPSA) is 12.5 Å². The molecule has 40 valence electrons. The van der Waals surface area contributed by atoms with Crippen molar-refractivity contribution in [2.45, 2.75) is 19.4 Å². The fourth-order valence-corrected chi connectivity index (χ4v) is 0.355. The van der Waals surface area contributed by atoms with Gasteiger partial charge in [0.15, 0.2) is 0 Å². The largest absolute Gasteiger partial charge is 0.365 e. The highest BCUT2D eigenvalue weighted by Crippen LogP contribution is 2.32. The van der Waals surface area contributed by atoms with Gasteiger partial charge in [0.2, 0.25) is 0 Å². The molecule has 0 radical (unpaired) electrons. The van der Waals surface area contributed by atoms with Gasteiger partial charge >= 0.3 is 0 Å². The summed E-state index contributed by atoms with van der Waals surface area (Å²) in [6, 6.07) is 0. The zero-order valence-corrected chi connectivity index (χ0v) is 4.82. The number of epoxide rings is 1. The lowest BCUT2D eigenvalue weighted by atomic mass is 10.1. The van der Waals surface area contributed by atoms with Gasteiger partial charge in [-0.05, 0) is 19.4 Å². The van der Waals surface area contributed by atoms with Gasteiger partial charge in [0, 0.05) is 0 Å². The van der Waals surface area contributed by atoms with E-state index in [-0.39, 0.29) is 5.60 Å². The molecule has 0 bridgehead atoms. The molecule has 0 amide bonds. The first-order chi connectivity index (χ1) is 3.15. The van der Waals surface area contributed by atoms with Crippen LogP contribution in [0.3, 0.4) is 0 Å². The predicted molar refractivity (Wildman–Crippen MR) is 29.2 cm³/mol. The van der Waals surface area contributed by atoms with E-state index in [4.69, 9.17) is 4.74 Å². The van der Waals surface area contributed by atoms with E-state index in [1.807, 2.05) is 6.92 Å². The van der Waals surface area contributed by atoms with Gasteiger partial charge in [-0.25, -0.2) is 0 Å². The van der Waals surface area contributed by atoms with Gasteiger partial charge in [0.05, 0.1) is 6.61 Å². The van der Waals surface area contributed by atoms with Crippen LogP contribution in [0.1, 0.15) is 13.8 Å². The third kappa shape index (κ3) is 0.682. The molecule has 1 rings (SSSR count). The van der Waals surface area contributed by atoms with Crippen LogP contribution < -0.4 is 0 Å². The molecule has 0 aliphatic carbocycles. The molecule has 0 saturated carbocycles. The smallest absolute Gasteiger partial charge is 0.109 e. The Labute approximate surface area is 44.0 Å². The van der Waals surface area contributed by atoms with Crippen molar-refractivity contribution >= 4 is 0 Å². The van der Waals surface area contributed by atoms with E-state index in [1.165, 1.54) is 0 Å². The lowest BCUT2D eigenvalue weighted by Gasteiger charge is -1.98. The van der Waals surface area contributed by atoms with Crippen molar-refractivity contribution in [3.05, 3.63) is 12.2 Å². The minimum Gasteiger partial charge on any atom is -0.365 e. The van der Waals surface area contributed by atoms with Crippen molar-refractivity contribution < 1.29 is 4.74 Å². The maximum atomic E-state index is 5.06. The van der Waals surface area contributed by atoms with Gasteiger partial charge in [-0.3, -0.25) is 0 Å². The Balaban J connectivity index is 2.55. The number of ether oxygens (including phenoxy) is 1. The Hall–Kier alpha value is -0.300. The standard InChI is InChI=1S/C6H10O/c1-5(2)6(3)4-7-6/h1,4H2,2-3H3. The summed E-state index contributed by atoms with van der Waals surface area (Å²) in [7, 11) is 0. The molecule has 0 N–H and O–H groups in total. The first kappa shape index (κ1) is 4.85. The Bertz CT molecular complexity index is 101. The summed E-state index contributed by atoms with van der Waals surface area (Å²) in [6.07, 6.45) is 0. The van der Waals surface area contributed by atoms with Gasteiger partial charge in [0.25, 0.3) is 0 Å². The molecular weight excluding hydrogens is 88.1 g/mol. The van der Waals surface area contributed by atoms with E-state index >= 15 is 0 Å². The fraction of sp³-hybridized carbons (Fsp3) is 0.667. The van der Waals surface area contributed by atoms with E-state index in [0.29, 0.717) is 0 Å². The van der Waals surface area contributed by atoms with Crippen LogP contribution in [0.2, 0.25) is 0 Å². The summed E-state index contributed by atoms with van der Waals surface area (Å²) < 4.78 is 5.06. The summed E-state index contributed by atoms with van der Waals surface area (Å²) in [4.78, 5) is 0. The van der Waals surface area contributed by atoms with Gasteiger partial charge in [-0.1, -0.05) is 6.58 Å². The van der Waals surface area contributed by atoms with Gasteiger partial charge in [-0.15, -0.1) is 0 Å². The van der Waals surface area contributed by atoms with Crippen molar-refractivity contribution in [3.63, 3.8) is 0 Å². The second kappa shape index (κ2) is 1.10. The van der Waals surface area contributed by atoms with Crippen molar-refractivity contribution in [3.8, 4) is 0 Å². The molecule has 1 heterocycles. The summed E-state index contributed by atoms with van der Waals surface area (Å²) >= 11 is 0. The van der Waals surface area contributed by atoms with E-state index in [1.54, 1.807) is 0 Å². The molecule has 1 nitrogen and oxygen atoms in total. The van der Waals surface area contributed by atoms with Crippen LogP contribution in [-0.2, 0) is 4.74 Å². The second-order valence-corrected chi connectivity index (χ2v) is 2.30. The average molecular weight is 98.1 g/mol. The molecule has 0 spiro atoms. The number of hydrogen-bond donors (Lipinski definition) is 0. The van der Waals surface area contributed by atoms with Crippen LogP contribution in [0.25, 0.3) is 0 Å². The highest BCUT2D eigenvalue weighted by Gasteiger charge is 2.39. The normalized spacial score (nSPS) is 38.0. The summed E-state index contributed by atoms with van der Waals surface area (Å²) in [5.41, 5.74) is 1.19. The first-order valence-electron chi connectivity index (χ1n) is 2.45. The molecule has 1 atom stereocenters. The summed E-state index contributed by atoms with van der Waals surface area (Å²) in [6.45, 7) is 8.67. The molecular formula is C6H10O. The van der Waals surface area contributed by atoms with Crippen LogP contribution in [0.15, 0.2) is 12.2 Å². The Morgan fingerprint density at radius 1 is 1.86 bits per heavy atom. The minimum atomic E-state index is 0.0556. The SMILES string of the molecule is C=C(C)C1(C)CO1. The number of rotatable bonds is 1. The van der Waals surface area contributed by atoms with Crippen molar-refractivity contribution in [1.29, 1.82) is 0 Å². The zero-order chi connectivity index (χ0) is 5.49. The highest BCUT2D eigenvalue weighted by molar-refractivity contribution is 5.14. The summed E-state index contributed by atoms with van der Waals surface area (Å²) in [5, 5.41) is 0. The zero-order valence-electron chi connectivity index (χ0n) is 4.82. The molecule has 1 saturated heterocycles. The Morgan fingerprint density at radius 3 is 2.29 bits per heavy atom. The molecule has 1 aliphatic heterocycles. The van der Waals surface area contributed by atoms with E-state index in [9.17, 15) is 0 Å². The van der Waals surface area contributed by atoms with Crippen molar-refractivity contribution in [2.24, 2.45) is 0 Å². The molecule has 1 aliphatic rings. The van der Waals surface area contributed by atoms with Crippen LogP contribution in [0.5, 0.6) is 0 Å². The molecule has 0 aromatic carbocycles. The molecule has 1 heteroatoms. The van der Waals surface area contributed by atoms with Crippen molar-refractivity contribution in [2.75, 3.05) is 6.61 Å². The van der Waals surface area contributed by atoms with Gasteiger partial charge in [-0.2, -0.15) is 0 Å². The molecule has 0 aromatic rings. The van der Waals surface area contributed by atoms with Gasteiger partial charge < -0.3 is 4.74 Å². The highest BCUT2D eigenvalue weighted by atomic mass is 16.6. The average Bonchev–Trinajstić information content (AvgIpc) is 2.21. The van der Waals surface area contributed by atoms with E-state index < -0.39 is 0 Å². The monoisotopic (exact) mass is 98.1 g/mol. The van der Waals surface area contributed by atoms with Crippen LogP contribution in [0, 0.1) is 0 Å². The first-order valence-corrected chi connectivity index (χ1v) is 2.45. The molecule has 1 fully saturated rings. The van der Waals surface area contributed by atoms with E-state index in [2.05, 4.69) is 13.5 Å². The molecule has 0 aromatic heterocycles. The minimum absolute atomic E-state index is 0.0556. The molecule has 1 unspecified atom stereocenters. The van der Waals surface area contributed by atoms with Crippen LogP contribution in [0.4, 0.5) is 0 Å². The number of hydrogen-bond acceptors (Lipinski definition) is 1. The third-order valence-corrected chi connectivity index (χ3v) is 1.48. The maximum Gasteiger partial charge on any atom is 0.109 e. The lowest BCUT2D eigenvalue weighted by molar-refractivity contribution is 0.358. The Kier molecular flexibility index (Phi) is 0.762. The maximum absolute atomic E-state index is 5.06. The third-order valence-electron chi connectivity index (χ3n) is 1.48. The quantitative estimate of drug-likeness (QED) is 0.356. The van der Waals surface area contributed by atoms with Crippen LogP contribution in [-0.4, -0.2) is 12.2 Å². The van der Waals surface area contributed by atoms with Crippen molar-refractivity contribution in [1.82, 2.24) is 0 Å². The Morgan fingerprint density at radius 2 is 2.29 bits per heavy atom. The van der Waals surface area contributed by atoms with Crippen LogP contribution >= 0.6 is 0 Å². The lowest BCUT2D eigenvalue weighted by Crippen LogP contribution is -2.03. The van der Waals surface area contributed by atoms with Gasteiger partial charge in [0.1, 0.15) is 5.60 Å². The van der Waals surface area contributed by atoms with E-state index in [0.717, 1.165) is 12.2 Å². The summed E-state index contributed by atoms with van der Waals surface area (Å²) in [5.74, 6) is 0. The second-order valence-electron chi connectivity index (χ2n) is 2.30.